The number of thiazole rings is 1. The Morgan fingerprint density at radius 2 is 2.04 bits per heavy atom. The fraction of sp³-hybridized carbons (Fsp3) is 0.158. The van der Waals surface area contributed by atoms with E-state index in [1.165, 1.54) is 16.9 Å². The maximum atomic E-state index is 12.6. The zero-order valence-electron chi connectivity index (χ0n) is 13.8. The summed E-state index contributed by atoms with van der Waals surface area (Å²) in [5.41, 5.74) is 3.72. The second kappa shape index (κ2) is 7.16. The number of rotatable bonds is 3. The average molecular weight is 391 g/mol. The van der Waals surface area contributed by atoms with E-state index in [1.807, 2.05) is 4.57 Å². The van der Waals surface area contributed by atoms with Gasteiger partial charge >= 0.3 is 0 Å². The molecule has 0 unspecified atom stereocenters. The molecule has 0 saturated carbocycles. The summed E-state index contributed by atoms with van der Waals surface area (Å²) in [6.45, 7) is 8.50. The number of aryl methyl sites for hydroxylation is 2. The molecule has 0 bridgehead atoms. The number of benzene rings is 2. The maximum absolute atomic E-state index is 12.6. The molecule has 0 aliphatic heterocycles. The first-order chi connectivity index (χ1) is 11.9. The van der Waals surface area contributed by atoms with Gasteiger partial charge in [0, 0.05) is 11.6 Å². The first-order valence-electron chi connectivity index (χ1n) is 7.66. The first-order valence-corrected chi connectivity index (χ1v) is 9.23. The normalized spacial score (nSPS) is 11.9. The van der Waals surface area contributed by atoms with E-state index < -0.39 is 0 Å². The van der Waals surface area contributed by atoms with Crippen LogP contribution in [0.2, 0.25) is 10.0 Å². The van der Waals surface area contributed by atoms with Gasteiger partial charge in [-0.1, -0.05) is 46.7 Å². The smallest absolute Gasteiger partial charge is 0.281 e. The van der Waals surface area contributed by atoms with Crippen molar-refractivity contribution < 1.29 is 4.79 Å². The van der Waals surface area contributed by atoms with Gasteiger partial charge in [0.05, 0.1) is 20.8 Å². The Kier molecular flexibility index (Phi) is 5.13. The number of hydrogen-bond acceptors (Lipinski definition) is 2. The monoisotopic (exact) mass is 390 g/mol. The molecule has 0 atom stereocenters. The highest BCUT2D eigenvalue weighted by atomic mass is 35.5. The number of allylic oxidation sites excluding steroid dienone is 1. The third-order valence-electron chi connectivity index (χ3n) is 3.78. The fourth-order valence-corrected chi connectivity index (χ4v) is 4.29. The van der Waals surface area contributed by atoms with E-state index in [1.54, 1.807) is 24.3 Å². The lowest BCUT2D eigenvalue weighted by Gasteiger charge is -2.04. The van der Waals surface area contributed by atoms with Crippen molar-refractivity contribution >= 4 is 50.7 Å². The molecule has 0 radical (unpaired) electrons. The van der Waals surface area contributed by atoms with Gasteiger partial charge in [-0.3, -0.25) is 4.79 Å². The van der Waals surface area contributed by atoms with Crippen molar-refractivity contribution in [3.8, 4) is 0 Å². The van der Waals surface area contributed by atoms with Crippen LogP contribution in [0.15, 0.2) is 48.0 Å². The largest absolute Gasteiger partial charge is 0.312 e. The Morgan fingerprint density at radius 1 is 1.28 bits per heavy atom. The van der Waals surface area contributed by atoms with Gasteiger partial charge in [0.2, 0.25) is 0 Å². The van der Waals surface area contributed by atoms with Crippen LogP contribution in [0.3, 0.4) is 0 Å². The van der Waals surface area contributed by atoms with Crippen LogP contribution in [-0.2, 0) is 6.54 Å². The van der Waals surface area contributed by atoms with Crippen LogP contribution < -0.4 is 4.80 Å². The van der Waals surface area contributed by atoms with Crippen LogP contribution >= 0.6 is 34.5 Å². The molecule has 0 fully saturated rings. The number of fused-ring (bicyclic) bond motifs is 1. The lowest BCUT2D eigenvalue weighted by atomic mass is 10.1. The van der Waals surface area contributed by atoms with Gasteiger partial charge in [-0.2, -0.15) is 4.99 Å². The molecule has 6 heteroatoms. The summed E-state index contributed by atoms with van der Waals surface area (Å²) in [7, 11) is 0. The molecular formula is C19H16Cl2N2OS. The van der Waals surface area contributed by atoms with E-state index in [2.05, 4.69) is 37.6 Å². The minimum Gasteiger partial charge on any atom is -0.312 e. The summed E-state index contributed by atoms with van der Waals surface area (Å²) in [4.78, 5) is 17.5. The Balaban J connectivity index is 2.21. The highest BCUT2D eigenvalue weighted by Crippen LogP contribution is 2.24. The highest BCUT2D eigenvalue weighted by Gasteiger charge is 2.13. The molecule has 3 rings (SSSR count). The lowest BCUT2D eigenvalue weighted by Crippen LogP contribution is -2.16. The molecule has 25 heavy (non-hydrogen) atoms. The summed E-state index contributed by atoms with van der Waals surface area (Å²) in [6.07, 6.45) is 1.79. The van der Waals surface area contributed by atoms with Crippen molar-refractivity contribution in [1.82, 2.24) is 4.57 Å². The minimum absolute atomic E-state index is 0.296. The van der Waals surface area contributed by atoms with Crippen molar-refractivity contribution in [3.63, 3.8) is 0 Å². The van der Waals surface area contributed by atoms with Crippen molar-refractivity contribution in [3.05, 3.63) is 74.5 Å². The quantitative estimate of drug-likeness (QED) is 0.539. The van der Waals surface area contributed by atoms with Gasteiger partial charge in [0.1, 0.15) is 0 Å². The number of carbonyl (C=O) groups excluding carboxylic acids is 1. The molecule has 3 aromatic rings. The standard InChI is InChI=1S/C19H16Cl2N2OS/c1-4-7-23-16-9-11(2)8-12(3)17(16)25-19(23)22-18(24)14-6-5-13(20)10-15(14)21/h4-6,8-10H,1,7H2,2-3H3. The summed E-state index contributed by atoms with van der Waals surface area (Å²) in [5, 5.41) is 0.779. The number of hydrogen-bond donors (Lipinski definition) is 0. The van der Waals surface area contributed by atoms with E-state index in [0.29, 0.717) is 27.0 Å². The number of halogens is 2. The molecule has 3 nitrogen and oxygen atoms in total. The van der Waals surface area contributed by atoms with Gasteiger partial charge in [-0.25, -0.2) is 0 Å². The van der Waals surface area contributed by atoms with Crippen molar-refractivity contribution in [2.45, 2.75) is 20.4 Å². The van der Waals surface area contributed by atoms with Crippen LogP contribution in [0, 0.1) is 13.8 Å². The third-order valence-corrected chi connectivity index (χ3v) is 5.56. The molecular weight excluding hydrogens is 375 g/mol. The molecule has 0 saturated heterocycles. The number of nitrogens with zero attached hydrogens (tertiary/aromatic N) is 2. The second-order valence-corrected chi connectivity index (χ2v) is 7.58. The highest BCUT2D eigenvalue weighted by molar-refractivity contribution is 7.16. The van der Waals surface area contributed by atoms with Gasteiger partial charge in [0.15, 0.2) is 4.80 Å². The van der Waals surface area contributed by atoms with E-state index >= 15 is 0 Å². The maximum Gasteiger partial charge on any atom is 0.281 e. The molecule has 0 aliphatic carbocycles. The van der Waals surface area contributed by atoms with E-state index in [0.717, 1.165) is 15.8 Å². The SMILES string of the molecule is C=CCn1c(=NC(=O)c2ccc(Cl)cc2Cl)sc2c(C)cc(C)cc21. The van der Waals surface area contributed by atoms with Gasteiger partial charge in [0.25, 0.3) is 5.91 Å². The van der Waals surface area contributed by atoms with Gasteiger partial charge in [-0.15, -0.1) is 6.58 Å². The Hall–Kier alpha value is -1.88. The predicted octanol–water partition coefficient (Wildman–Crippen LogP) is 5.55. The van der Waals surface area contributed by atoms with Crippen LogP contribution in [0.4, 0.5) is 0 Å². The first kappa shape index (κ1) is 17.9. The molecule has 0 aliphatic rings. The zero-order valence-corrected chi connectivity index (χ0v) is 16.2. The van der Waals surface area contributed by atoms with E-state index in [-0.39, 0.29) is 5.91 Å². The van der Waals surface area contributed by atoms with Crippen LogP contribution in [0.1, 0.15) is 21.5 Å². The molecule has 1 amide bonds. The van der Waals surface area contributed by atoms with Crippen molar-refractivity contribution in [2.75, 3.05) is 0 Å². The summed E-state index contributed by atoms with van der Waals surface area (Å²) in [6, 6.07) is 8.99. The molecule has 2 aromatic carbocycles. The molecule has 1 aromatic heterocycles. The van der Waals surface area contributed by atoms with E-state index in [4.69, 9.17) is 23.2 Å². The van der Waals surface area contributed by atoms with Gasteiger partial charge in [-0.05, 0) is 49.2 Å². The molecule has 128 valence electrons. The number of amides is 1. The summed E-state index contributed by atoms with van der Waals surface area (Å²) < 4.78 is 3.11. The van der Waals surface area contributed by atoms with Crippen molar-refractivity contribution in [1.29, 1.82) is 0 Å². The third kappa shape index (κ3) is 3.56. The van der Waals surface area contributed by atoms with Crippen LogP contribution in [0.5, 0.6) is 0 Å². The minimum atomic E-state index is -0.389. The van der Waals surface area contributed by atoms with Crippen LogP contribution in [0.25, 0.3) is 10.2 Å². The lowest BCUT2D eigenvalue weighted by molar-refractivity contribution is 0.0998. The summed E-state index contributed by atoms with van der Waals surface area (Å²) in [5.74, 6) is -0.389. The molecule has 0 N–H and O–H groups in total. The van der Waals surface area contributed by atoms with E-state index in [9.17, 15) is 4.79 Å². The van der Waals surface area contributed by atoms with Crippen LogP contribution in [-0.4, -0.2) is 10.5 Å². The zero-order chi connectivity index (χ0) is 18.1. The Morgan fingerprint density at radius 3 is 2.72 bits per heavy atom. The predicted molar refractivity (Wildman–Crippen MR) is 106 cm³/mol. The topological polar surface area (TPSA) is 34.4 Å². The average Bonchev–Trinajstić information content (AvgIpc) is 2.86. The Bertz CT molecular complexity index is 1060. The second-order valence-electron chi connectivity index (χ2n) is 5.76. The van der Waals surface area contributed by atoms with Gasteiger partial charge < -0.3 is 4.57 Å². The number of carbonyl (C=O) groups is 1. The molecule has 1 heterocycles. The molecule has 0 spiro atoms. The Labute approximate surface area is 159 Å². The fourth-order valence-electron chi connectivity index (χ4n) is 2.71. The van der Waals surface area contributed by atoms with Crippen molar-refractivity contribution in [2.24, 2.45) is 4.99 Å². The number of aromatic nitrogens is 1. The summed E-state index contributed by atoms with van der Waals surface area (Å²) >= 11 is 13.5.